The molecule has 0 fully saturated rings. The Bertz CT molecular complexity index is 368. The lowest BCUT2D eigenvalue weighted by atomic mass is 10.1. The molecule has 86 valence electrons. The lowest BCUT2D eigenvalue weighted by Gasteiger charge is -2.15. The van der Waals surface area contributed by atoms with E-state index in [1.807, 2.05) is 32.0 Å². The second kappa shape index (κ2) is 6.11. The summed E-state index contributed by atoms with van der Waals surface area (Å²) in [6.07, 6.45) is 2.22. The summed E-state index contributed by atoms with van der Waals surface area (Å²) in [6.45, 7) is 5.88. The van der Waals surface area contributed by atoms with Crippen molar-refractivity contribution in [1.29, 1.82) is 0 Å². The van der Waals surface area contributed by atoms with E-state index in [0.29, 0.717) is 6.42 Å². The quantitative estimate of drug-likeness (QED) is 0.767. The third kappa shape index (κ3) is 3.89. The Kier molecular flexibility index (Phi) is 4.77. The van der Waals surface area contributed by atoms with Gasteiger partial charge >= 0.3 is 0 Å². The zero-order valence-corrected chi connectivity index (χ0v) is 10.2. The average Bonchev–Trinajstić information content (AvgIpc) is 2.29. The van der Waals surface area contributed by atoms with E-state index in [0.717, 1.165) is 5.70 Å². The van der Waals surface area contributed by atoms with Crippen LogP contribution in [-0.4, -0.2) is 5.78 Å². The third-order valence-electron chi connectivity index (χ3n) is 2.47. The molecule has 1 N–H and O–H groups in total. The molecule has 0 heterocycles. The fourth-order valence-electron chi connectivity index (χ4n) is 1.55. The van der Waals surface area contributed by atoms with Gasteiger partial charge < -0.3 is 5.32 Å². The van der Waals surface area contributed by atoms with Gasteiger partial charge in [0.1, 0.15) is 0 Å². The Morgan fingerprint density at radius 1 is 1.38 bits per heavy atom. The van der Waals surface area contributed by atoms with E-state index in [9.17, 15) is 4.79 Å². The van der Waals surface area contributed by atoms with E-state index in [-0.39, 0.29) is 11.8 Å². The Morgan fingerprint density at radius 3 is 2.56 bits per heavy atom. The van der Waals surface area contributed by atoms with Gasteiger partial charge in [-0.3, -0.25) is 4.79 Å². The number of ketones is 1. The van der Waals surface area contributed by atoms with Crippen LogP contribution in [0.15, 0.2) is 42.1 Å². The van der Waals surface area contributed by atoms with Crippen molar-refractivity contribution in [3.05, 3.63) is 47.7 Å². The van der Waals surface area contributed by atoms with Crippen LogP contribution in [0.1, 0.15) is 38.8 Å². The Morgan fingerprint density at radius 2 is 2.00 bits per heavy atom. The van der Waals surface area contributed by atoms with Crippen LogP contribution in [0.3, 0.4) is 0 Å². The number of benzene rings is 1. The van der Waals surface area contributed by atoms with E-state index in [2.05, 4.69) is 24.4 Å². The molecule has 0 aliphatic heterocycles. The van der Waals surface area contributed by atoms with E-state index < -0.39 is 0 Å². The highest BCUT2D eigenvalue weighted by molar-refractivity contribution is 5.89. The van der Waals surface area contributed by atoms with Gasteiger partial charge in [0.15, 0.2) is 5.78 Å². The second-order valence-electron chi connectivity index (χ2n) is 3.92. The molecule has 1 aromatic carbocycles. The average molecular weight is 217 g/mol. The van der Waals surface area contributed by atoms with Gasteiger partial charge in [-0.15, -0.1) is 0 Å². The molecule has 1 atom stereocenters. The largest absolute Gasteiger partial charge is 0.382 e. The van der Waals surface area contributed by atoms with Crippen LogP contribution >= 0.6 is 0 Å². The van der Waals surface area contributed by atoms with Gasteiger partial charge in [0.2, 0.25) is 0 Å². The lowest BCUT2D eigenvalue weighted by molar-refractivity contribution is -0.114. The van der Waals surface area contributed by atoms with Gasteiger partial charge in [0, 0.05) is 18.2 Å². The summed E-state index contributed by atoms with van der Waals surface area (Å²) in [5.41, 5.74) is 2.14. The number of hydrogen-bond donors (Lipinski definition) is 1. The topological polar surface area (TPSA) is 29.1 Å². The SMILES string of the molecule is CCC(=O)/C=C(\C)NC(C)c1ccccc1. The fraction of sp³-hybridized carbons (Fsp3) is 0.357. The standard InChI is InChI=1S/C14H19NO/c1-4-14(16)10-11(2)15-12(3)13-8-6-5-7-9-13/h5-10,12,15H,4H2,1-3H3/b11-10+. The first kappa shape index (κ1) is 12.5. The summed E-state index contributed by atoms with van der Waals surface area (Å²) in [7, 11) is 0. The number of carbonyl (C=O) groups excluding carboxylic acids is 1. The van der Waals surface area contributed by atoms with Gasteiger partial charge in [-0.25, -0.2) is 0 Å². The van der Waals surface area contributed by atoms with Crippen molar-refractivity contribution in [3.8, 4) is 0 Å². The molecule has 2 heteroatoms. The first-order chi connectivity index (χ1) is 7.63. The molecular weight excluding hydrogens is 198 g/mol. The summed E-state index contributed by atoms with van der Waals surface area (Å²) < 4.78 is 0. The highest BCUT2D eigenvalue weighted by Crippen LogP contribution is 2.12. The minimum absolute atomic E-state index is 0.158. The summed E-state index contributed by atoms with van der Waals surface area (Å²) in [5.74, 6) is 0.158. The van der Waals surface area contributed by atoms with Crippen LogP contribution in [0.25, 0.3) is 0 Å². The van der Waals surface area contributed by atoms with E-state index >= 15 is 0 Å². The Hall–Kier alpha value is -1.57. The van der Waals surface area contributed by atoms with Crippen molar-refractivity contribution in [3.63, 3.8) is 0 Å². The normalized spacial score (nSPS) is 13.3. The highest BCUT2D eigenvalue weighted by atomic mass is 16.1. The van der Waals surface area contributed by atoms with Crippen LogP contribution < -0.4 is 5.32 Å². The van der Waals surface area contributed by atoms with Crippen LogP contribution in [0.4, 0.5) is 0 Å². The molecule has 1 unspecified atom stereocenters. The number of hydrogen-bond acceptors (Lipinski definition) is 2. The van der Waals surface area contributed by atoms with Crippen molar-refractivity contribution < 1.29 is 4.79 Å². The van der Waals surface area contributed by atoms with E-state index in [1.165, 1.54) is 5.56 Å². The fourth-order valence-corrected chi connectivity index (χ4v) is 1.55. The highest BCUT2D eigenvalue weighted by Gasteiger charge is 2.04. The smallest absolute Gasteiger partial charge is 0.157 e. The Labute approximate surface area is 97.4 Å². The number of nitrogens with one attached hydrogen (secondary N) is 1. The maximum Gasteiger partial charge on any atom is 0.157 e. The lowest BCUT2D eigenvalue weighted by Crippen LogP contribution is -2.17. The summed E-state index contributed by atoms with van der Waals surface area (Å²) in [5, 5.41) is 3.30. The first-order valence-electron chi connectivity index (χ1n) is 5.66. The summed E-state index contributed by atoms with van der Waals surface area (Å²) in [6, 6.07) is 10.4. The molecule has 0 bridgehead atoms. The maximum atomic E-state index is 11.2. The first-order valence-corrected chi connectivity index (χ1v) is 5.66. The van der Waals surface area contributed by atoms with Crippen molar-refractivity contribution >= 4 is 5.78 Å². The van der Waals surface area contributed by atoms with Crippen LogP contribution in [0, 0.1) is 0 Å². The minimum atomic E-state index is 0.158. The molecule has 0 aliphatic rings. The van der Waals surface area contributed by atoms with Gasteiger partial charge in [0.25, 0.3) is 0 Å². The molecular formula is C14H19NO. The Balaban J connectivity index is 2.61. The van der Waals surface area contributed by atoms with Crippen LogP contribution in [0.2, 0.25) is 0 Å². The van der Waals surface area contributed by atoms with E-state index in [4.69, 9.17) is 0 Å². The zero-order chi connectivity index (χ0) is 12.0. The van der Waals surface area contributed by atoms with Gasteiger partial charge in [0.05, 0.1) is 0 Å². The van der Waals surface area contributed by atoms with Gasteiger partial charge in [-0.2, -0.15) is 0 Å². The van der Waals surface area contributed by atoms with Crippen molar-refractivity contribution in [2.75, 3.05) is 0 Å². The number of rotatable bonds is 5. The maximum absolute atomic E-state index is 11.2. The van der Waals surface area contributed by atoms with Crippen molar-refractivity contribution in [2.45, 2.75) is 33.2 Å². The predicted molar refractivity (Wildman–Crippen MR) is 67.0 cm³/mol. The monoisotopic (exact) mass is 217 g/mol. The zero-order valence-electron chi connectivity index (χ0n) is 10.2. The van der Waals surface area contributed by atoms with Crippen LogP contribution in [0.5, 0.6) is 0 Å². The number of allylic oxidation sites excluding steroid dienone is 2. The van der Waals surface area contributed by atoms with E-state index in [1.54, 1.807) is 6.08 Å². The molecule has 0 saturated carbocycles. The number of carbonyl (C=O) groups is 1. The molecule has 0 radical (unpaired) electrons. The third-order valence-corrected chi connectivity index (χ3v) is 2.47. The van der Waals surface area contributed by atoms with Crippen molar-refractivity contribution in [1.82, 2.24) is 5.32 Å². The summed E-state index contributed by atoms with van der Waals surface area (Å²) >= 11 is 0. The van der Waals surface area contributed by atoms with Crippen molar-refractivity contribution in [2.24, 2.45) is 0 Å². The molecule has 0 spiro atoms. The minimum Gasteiger partial charge on any atom is -0.382 e. The predicted octanol–water partition coefficient (Wildman–Crippen LogP) is 3.22. The molecule has 0 saturated heterocycles. The molecule has 0 amide bonds. The molecule has 1 rings (SSSR count). The molecule has 1 aromatic rings. The molecule has 0 aliphatic carbocycles. The van der Waals surface area contributed by atoms with Gasteiger partial charge in [-0.05, 0) is 25.5 Å². The molecule has 16 heavy (non-hydrogen) atoms. The molecule has 2 nitrogen and oxygen atoms in total. The second-order valence-corrected chi connectivity index (χ2v) is 3.92. The van der Waals surface area contributed by atoms with Gasteiger partial charge in [-0.1, -0.05) is 37.3 Å². The molecule has 0 aromatic heterocycles. The summed E-state index contributed by atoms with van der Waals surface area (Å²) in [4.78, 5) is 11.2. The van der Waals surface area contributed by atoms with Crippen LogP contribution in [-0.2, 0) is 4.79 Å².